The Bertz CT molecular complexity index is 705. The summed E-state index contributed by atoms with van der Waals surface area (Å²) in [6, 6.07) is 11.4. The molecule has 2 aromatic heterocycles. The molecule has 0 fully saturated rings. The molecule has 0 atom stereocenters. The van der Waals surface area contributed by atoms with Gasteiger partial charge < -0.3 is 5.73 Å². The fourth-order valence-corrected chi connectivity index (χ4v) is 2.12. The van der Waals surface area contributed by atoms with E-state index in [9.17, 15) is 0 Å². The molecule has 18 heavy (non-hydrogen) atoms. The first-order valence-electron chi connectivity index (χ1n) is 5.56. The molecule has 2 heterocycles. The average molecular weight is 259 g/mol. The lowest BCUT2D eigenvalue weighted by Gasteiger charge is -2.07. The third-order valence-corrected chi connectivity index (χ3v) is 3.19. The molecule has 0 unspecified atom stereocenters. The van der Waals surface area contributed by atoms with Gasteiger partial charge in [-0.1, -0.05) is 29.8 Å². The van der Waals surface area contributed by atoms with Gasteiger partial charge in [-0.25, -0.2) is 9.97 Å². The summed E-state index contributed by atoms with van der Waals surface area (Å²) < 4.78 is 1.86. The summed E-state index contributed by atoms with van der Waals surface area (Å²) in [5.74, 6) is 0.448. The molecule has 0 aliphatic carbocycles. The first-order chi connectivity index (χ1) is 8.75. The van der Waals surface area contributed by atoms with E-state index in [4.69, 9.17) is 17.3 Å². The van der Waals surface area contributed by atoms with Crippen LogP contribution < -0.4 is 5.73 Å². The van der Waals surface area contributed by atoms with Crippen molar-refractivity contribution >= 4 is 28.7 Å². The Kier molecular flexibility index (Phi) is 2.64. The van der Waals surface area contributed by atoms with Gasteiger partial charge in [0.05, 0.1) is 6.54 Å². The number of anilines is 1. The number of rotatable bonds is 2. The number of pyridine rings is 1. The highest BCUT2D eigenvalue weighted by molar-refractivity contribution is 6.31. The molecular weight excluding hydrogens is 248 g/mol. The molecular formula is C13H11ClN4. The van der Waals surface area contributed by atoms with Gasteiger partial charge in [0.1, 0.15) is 5.52 Å². The summed E-state index contributed by atoms with van der Waals surface area (Å²) in [6.07, 6.45) is 1.73. The zero-order chi connectivity index (χ0) is 12.5. The first-order valence-corrected chi connectivity index (χ1v) is 5.93. The van der Waals surface area contributed by atoms with E-state index in [1.165, 1.54) is 0 Å². The molecule has 0 amide bonds. The zero-order valence-electron chi connectivity index (χ0n) is 9.55. The van der Waals surface area contributed by atoms with E-state index < -0.39 is 0 Å². The van der Waals surface area contributed by atoms with Crippen molar-refractivity contribution < 1.29 is 0 Å². The van der Waals surface area contributed by atoms with E-state index in [1.54, 1.807) is 6.20 Å². The van der Waals surface area contributed by atoms with Crippen LogP contribution in [-0.2, 0) is 6.54 Å². The van der Waals surface area contributed by atoms with Crippen LogP contribution in [0.4, 0.5) is 5.95 Å². The van der Waals surface area contributed by atoms with Gasteiger partial charge in [-0.2, -0.15) is 0 Å². The highest BCUT2D eigenvalue weighted by Crippen LogP contribution is 2.21. The molecule has 4 nitrogen and oxygen atoms in total. The topological polar surface area (TPSA) is 56.7 Å². The highest BCUT2D eigenvalue weighted by atomic mass is 35.5. The minimum absolute atomic E-state index is 0.448. The Morgan fingerprint density at radius 2 is 2.00 bits per heavy atom. The standard InChI is InChI=1S/C13H11ClN4/c14-10-5-2-1-4-9(10)8-18-12-11(17-13(18)15)6-3-7-16-12/h1-7H,8H2,(H2,15,17). The summed E-state index contributed by atoms with van der Waals surface area (Å²) in [7, 11) is 0. The number of fused-ring (bicyclic) bond motifs is 1. The Balaban J connectivity index is 2.10. The van der Waals surface area contributed by atoms with Gasteiger partial charge >= 0.3 is 0 Å². The van der Waals surface area contributed by atoms with E-state index in [1.807, 2.05) is 41.0 Å². The maximum atomic E-state index is 6.15. The van der Waals surface area contributed by atoms with Crippen molar-refractivity contribution in [3.05, 3.63) is 53.2 Å². The summed E-state index contributed by atoms with van der Waals surface area (Å²) >= 11 is 6.15. The van der Waals surface area contributed by atoms with Crippen LogP contribution in [-0.4, -0.2) is 14.5 Å². The minimum atomic E-state index is 0.448. The van der Waals surface area contributed by atoms with Gasteiger partial charge in [0.25, 0.3) is 0 Å². The van der Waals surface area contributed by atoms with Crippen molar-refractivity contribution in [3.8, 4) is 0 Å². The lowest BCUT2D eigenvalue weighted by molar-refractivity contribution is 0.828. The number of hydrogen-bond donors (Lipinski definition) is 1. The fourth-order valence-electron chi connectivity index (χ4n) is 1.93. The molecule has 0 saturated heterocycles. The molecule has 0 spiro atoms. The summed E-state index contributed by atoms with van der Waals surface area (Å²) in [4.78, 5) is 8.58. The number of nitrogens with zero attached hydrogens (tertiary/aromatic N) is 3. The molecule has 2 N–H and O–H groups in total. The molecule has 0 saturated carbocycles. The van der Waals surface area contributed by atoms with Crippen molar-refractivity contribution in [3.63, 3.8) is 0 Å². The number of benzene rings is 1. The largest absolute Gasteiger partial charge is 0.369 e. The molecule has 0 bridgehead atoms. The summed E-state index contributed by atoms with van der Waals surface area (Å²) in [5.41, 5.74) is 8.48. The Labute approximate surface area is 109 Å². The van der Waals surface area contributed by atoms with Gasteiger partial charge in [0, 0.05) is 11.2 Å². The second kappa shape index (κ2) is 4.31. The fraction of sp³-hybridized carbons (Fsp3) is 0.0769. The predicted molar refractivity (Wildman–Crippen MR) is 72.5 cm³/mol. The monoisotopic (exact) mass is 258 g/mol. The zero-order valence-corrected chi connectivity index (χ0v) is 10.3. The van der Waals surface area contributed by atoms with Gasteiger partial charge in [-0.3, -0.25) is 4.57 Å². The van der Waals surface area contributed by atoms with Gasteiger partial charge in [0.15, 0.2) is 5.65 Å². The van der Waals surface area contributed by atoms with E-state index in [0.29, 0.717) is 12.5 Å². The number of aromatic nitrogens is 3. The van der Waals surface area contributed by atoms with Crippen molar-refractivity contribution in [1.29, 1.82) is 0 Å². The second-order valence-corrected chi connectivity index (χ2v) is 4.40. The van der Waals surface area contributed by atoms with E-state index in [2.05, 4.69) is 9.97 Å². The van der Waals surface area contributed by atoms with Crippen LogP contribution >= 0.6 is 11.6 Å². The summed E-state index contributed by atoms with van der Waals surface area (Å²) in [5, 5.41) is 0.717. The number of imidazole rings is 1. The Morgan fingerprint density at radius 1 is 1.17 bits per heavy atom. The average Bonchev–Trinajstić information content (AvgIpc) is 2.69. The van der Waals surface area contributed by atoms with Gasteiger partial charge in [-0.15, -0.1) is 0 Å². The van der Waals surface area contributed by atoms with Crippen LogP contribution in [0.5, 0.6) is 0 Å². The van der Waals surface area contributed by atoms with Crippen LogP contribution in [0.3, 0.4) is 0 Å². The number of halogens is 1. The molecule has 0 aliphatic rings. The first kappa shape index (κ1) is 11.0. The van der Waals surface area contributed by atoms with Crippen LogP contribution in [0.25, 0.3) is 11.2 Å². The normalized spacial score (nSPS) is 10.9. The highest BCUT2D eigenvalue weighted by Gasteiger charge is 2.10. The van der Waals surface area contributed by atoms with Crippen LogP contribution in [0.15, 0.2) is 42.6 Å². The maximum Gasteiger partial charge on any atom is 0.202 e. The second-order valence-electron chi connectivity index (χ2n) is 3.99. The lowest BCUT2D eigenvalue weighted by atomic mass is 10.2. The molecule has 1 aromatic carbocycles. The molecule has 5 heteroatoms. The SMILES string of the molecule is Nc1nc2cccnc2n1Cc1ccccc1Cl. The predicted octanol–water partition coefficient (Wildman–Crippen LogP) is 2.72. The van der Waals surface area contributed by atoms with Crippen molar-refractivity contribution in [2.24, 2.45) is 0 Å². The number of nitrogen functional groups attached to an aromatic ring is 1. The van der Waals surface area contributed by atoms with Crippen LogP contribution in [0.1, 0.15) is 5.56 Å². The van der Waals surface area contributed by atoms with Gasteiger partial charge in [-0.05, 0) is 23.8 Å². The van der Waals surface area contributed by atoms with Crippen LogP contribution in [0, 0.1) is 0 Å². The van der Waals surface area contributed by atoms with E-state index in [-0.39, 0.29) is 0 Å². The quantitative estimate of drug-likeness (QED) is 0.769. The molecule has 0 radical (unpaired) electrons. The molecule has 90 valence electrons. The lowest BCUT2D eigenvalue weighted by Crippen LogP contribution is -2.05. The maximum absolute atomic E-state index is 6.15. The third kappa shape index (κ3) is 1.80. The summed E-state index contributed by atoms with van der Waals surface area (Å²) in [6.45, 7) is 0.568. The Hall–Kier alpha value is -2.07. The van der Waals surface area contributed by atoms with Crippen molar-refractivity contribution in [1.82, 2.24) is 14.5 Å². The molecule has 0 aliphatic heterocycles. The number of nitrogens with two attached hydrogens (primary N) is 1. The Morgan fingerprint density at radius 3 is 2.83 bits per heavy atom. The van der Waals surface area contributed by atoms with E-state index in [0.717, 1.165) is 21.7 Å². The van der Waals surface area contributed by atoms with Crippen LogP contribution in [0.2, 0.25) is 5.02 Å². The molecule has 3 aromatic rings. The third-order valence-electron chi connectivity index (χ3n) is 2.82. The van der Waals surface area contributed by atoms with E-state index >= 15 is 0 Å². The van der Waals surface area contributed by atoms with Gasteiger partial charge in [0.2, 0.25) is 5.95 Å². The van der Waals surface area contributed by atoms with Crippen molar-refractivity contribution in [2.75, 3.05) is 5.73 Å². The number of hydrogen-bond acceptors (Lipinski definition) is 3. The minimum Gasteiger partial charge on any atom is -0.369 e. The molecule has 3 rings (SSSR count). The smallest absolute Gasteiger partial charge is 0.202 e. The van der Waals surface area contributed by atoms with Crippen molar-refractivity contribution in [2.45, 2.75) is 6.54 Å².